The zero-order valence-electron chi connectivity index (χ0n) is 13.2. The van der Waals surface area contributed by atoms with Crippen molar-refractivity contribution < 1.29 is 19.4 Å². The van der Waals surface area contributed by atoms with E-state index >= 15 is 0 Å². The number of carbonyl (C=O) groups is 1. The maximum absolute atomic E-state index is 11.1. The van der Waals surface area contributed by atoms with Crippen molar-refractivity contribution >= 4 is 6.03 Å². The molecule has 21 heavy (non-hydrogen) atoms. The van der Waals surface area contributed by atoms with E-state index in [-0.39, 0.29) is 11.5 Å². The Kier molecular flexibility index (Phi) is 4.80. The summed E-state index contributed by atoms with van der Waals surface area (Å²) in [6, 6.07) is -1.20. The second kappa shape index (κ2) is 6.10. The number of ether oxygens (including phenoxy) is 2. The summed E-state index contributed by atoms with van der Waals surface area (Å²) in [5.41, 5.74) is 4.18. The number of carbonyl (C=O) groups excluding carboxylic acids is 1. The average molecular weight is 300 g/mol. The van der Waals surface area contributed by atoms with Crippen LogP contribution in [0.4, 0.5) is 4.79 Å². The number of aliphatic hydroxyl groups is 1. The number of urea groups is 1. The summed E-state index contributed by atoms with van der Waals surface area (Å²) < 4.78 is 11.8. The third-order valence-corrected chi connectivity index (χ3v) is 4.80. The summed E-state index contributed by atoms with van der Waals surface area (Å²) in [6.07, 6.45) is 4.57. The smallest absolute Gasteiger partial charge is 0.312 e. The zero-order chi connectivity index (χ0) is 15.7. The predicted molar refractivity (Wildman–Crippen MR) is 78.9 cm³/mol. The Morgan fingerprint density at radius 3 is 2.57 bits per heavy atom. The third-order valence-electron chi connectivity index (χ3n) is 4.80. The number of nitrogens with one attached hydrogen (secondary N) is 1. The van der Waals surface area contributed by atoms with E-state index in [1.807, 2.05) is 6.92 Å². The maximum atomic E-state index is 11.1. The molecule has 1 saturated carbocycles. The monoisotopic (exact) mass is 300 g/mol. The van der Waals surface area contributed by atoms with Crippen molar-refractivity contribution in [2.24, 2.45) is 11.1 Å². The molecular formula is C15H28N2O4. The molecule has 1 aliphatic carbocycles. The molecule has 0 aromatic carbocycles. The fourth-order valence-corrected chi connectivity index (χ4v) is 3.42. The minimum Gasteiger partial charge on any atom is -0.388 e. The molecule has 0 spiro atoms. The SMILES string of the molecule is CC(OCC12CCC(CC1)OC2)C(NC(N)=O)C(C)(C)O. The Balaban J connectivity index is 1.92. The van der Waals surface area contributed by atoms with Gasteiger partial charge >= 0.3 is 6.03 Å². The molecule has 0 radical (unpaired) electrons. The van der Waals surface area contributed by atoms with Gasteiger partial charge in [-0.2, -0.15) is 0 Å². The van der Waals surface area contributed by atoms with Gasteiger partial charge < -0.3 is 25.6 Å². The number of fused-ring (bicyclic) bond motifs is 3. The summed E-state index contributed by atoms with van der Waals surface area (Å²) in [6.45, 7) is 6.47. The Morgan fingerprint density at radius 2 is 2.14 bits per heavy atom. The highest BCUT2D eigenvalue weighted by atomic mass is 16.5. The molecule has 2 heterocycles. The fourth-order valence-electron chi connectivity index (χ4n) is 3.42. The van der Waals surface area contributed by atoms with Gasteiger partial charge in [0.1, 0.15) is 0 Å². The Bertz CT molecular complexity index is 359. The molecule has 2 bridgehead atoms. The standard InChI is InChI=1S/C15H28N2O4/c1-10(12(14(2,3)19)17-13(16)18)20-8-15-6-4-11(5-7-15)21-9-15/h10-12,19H,4-9H2,1-3H3,(H3,16,17,18). The maximum Gasteiger partial charge on any atom is 0.312 e. The van der Waals surface area contributed by atoms with Gasteiger partial charge in [0, 0.05) is 5.41 Å². The van der Waals surface area contributed by atoms with E-state index in [2.05, 4.69) is 5.32 Å². The largest absolute Gasteiger partial charge is 0.388 e. The highest BCUT2D eigenvalue weighted by Gasteiger charge is 2.43. The van der Waals surface area contributed by atoms with E-state index in [4.69, 9.17) is 15.2 Å². The van der Waals surface area contributed by atoms with Crippen LogP contribution >= 0.6 is 0 Å². The number of rotatable bonds is 6. The molecule has 6 nitrogen and oxygen atoms in total. The molecule has 2 aliphatic heterocycles. The van der Waals surface area contributed by atoms with Crippen LogP contribution in [0, 0.1) is 5.41 Å². The number of nitrogens with two attached hydrogens (primary N) is 1. The summed E-state index contributed by atoms with van der Waals surface area (Å²) in [7, 11) is 0. The molecule has 0 aromatic rings. The zero-order valence-corrected chi connectivity index (χ0v) is 13.2. The lowest BCUT2D eigenvalue weighted by molar-refractivity contribution is -0.155. The van der Waals surface area contributed by atoms with Crippen molar-refractivity contribution in [2.45, 2.75) is 70.3 Å². The van der Waals surface area contributed by atoms with Crippen molar-refractivity contribution in [3.05, 3.63) is 0 Å². The van der Waals surface area contributed by atoms with Gasteiger partial charge in [-0.15, -0.1) is 0 Å². The topological polar surface area (TPSA) is 93.8 Å². The van der Waals surface area contributed by atoms with Crippen molar-refractivity contribution in [2.75, 3.05) is 13.2 Å². The van der Waals surface area contributed by atoms with Crippen molar-refractivity contribution in [1.29, 1.82) is 0 Å². The van der Waals surface area contributed by atoms with Gasteiger partial charge in [0.05, 0.1) is 37.1 Å². The third kappa shape index (κ3) is 4.08. The van der Waals surface area contributed by atoms with Crippen LogP contribution in [0.1, 0.15) is 46.5 Å². The van der Waals surface area contributed by atoms with Crippen LogP contribution < -0.4 is 11.1 Å². The van der Waals surface area contributed by atoms with Crippen LogP contribution in [0.5, 0.6) is 0 Å². The molecular weight excluding hydrogens is 272 g/mol. The fraction of sp³-hybridized carbons (Fsp3) is 0.933. The van der Waals surface area contributed by atoms with Gasteiger partial charge in [-0.05, 0) is 46.5 Å². The van der Waals surface area contributed by atoms with Crippen molar-refractivity contribution in [3.63, 3.8) is 0 Å². The van der Waals surface area contributed by atoms with Crippen LogP contribution in [0.2, 0.25) is 0 Å². The van der Waals surface area contributed by atoms with Crippen LogP contribution in [-0.2, 0) is 9.47 Å². The van der Waals surface area contributed by atoms with Crippen molar-refractivity contribution in [3.8, 4) is 0 Å². The first-order chi connectivity index (χ1) is 9.72. The number of hydrogen-bond donors (Lipinski definition) is 3. The number of primary amides is 1. The van der Waals surface area contributed by atoms with E-state index in [0.29, 0.717) is 12.7 Å². The summed E-state index contributed by atoms with van der Waals surface area (Å²) in [5, 5.41) is 12.8. The summed E-state index contributed by atoms with van der Waals surface area (Å²) >= 11 is 0. The molecule has 4 N–H and O–H groups in total. The quantitative estimate of drug-likeness (QED) is 0.686. The van der Waals surface area contributed by atoms with Crippen LogP contribution in [0.3, 0.4) is 0 Å². The lowest BCUT2D eigenvalue weighted by Crippen LogP contribution is -2.57. The molecule has 2 saturated heterocycles. The van der Waals surface area contributed by atoms with Crippen LogP contribution in [0.15, 0.2) is 0 Å². The average Bonchev–Trinajstić information content (AvgIpc) is 2.43. The minimum atomic E-state index is -1.10. The van der Waals surface area contributed by atoms with E-state index in [1.165, 1.54) is 0 Å². The normalized spacial score (nSPS) is 31.7. The van der Waals surface area contributed by atoms with E-state index < -0.39 is 17.7 Å². The molecule has 3 rings (SSSR count). The summed E-state index contributed by atoms with van der Waals surface area (Å²) in [4.78, 5) is 11.1. The van der Waals surface area contributed by atoms with Crippen LogP contribution in [-0.4, -0.2) is 48.2 Å². The Hall–Kier alpha value is -0.850. The minimum absolute atomic E-state index is 0.0971. The molecule has 3 aliphatic rings. The molecule has 3 fully saturated rings. The van der Waals surface area contributed by atoms with Crippen molar-refractivity contribution in [1.82, 2.24) is 5.32 Å². The molecule has 0 aromatic heterocycles. The molecule has 2 amide bonds. The van der Waals surface area contributed by atoms with Crippen LogP contribution in [0.25, 0.3) is 0 Å². The predicted octanol–water partition coefficient (Wildman–Crippen LogP) is 1.16. The molecule has 122 valence electrons. The highest BCUT2D eigenvalue weighted by molar-refractivity contribution is 5.72. The van der Waals surface area contributed by atoms with Gasteiger partial charge in [0.25, 0.3) is 0 Å². The highest BCUT2D eigenvalue weighted by Crippen LogP contribution is 2.43. The second-order valence-electron chi connectivity index (χ2n) is 7.17. The molecule has 2 unspecified atom stereocenters. The lowest BCUT2D eigenvalue weighted by Gasteiger charge is -2.47. The van der Waals surface area contributed by atoms with Gasteiger partial charge in [-0.1, -0.05) is 0 Å². The number of hydrogen-bond acceptors (Lipinski definition) is 4. The van der Waals surface area contributed by atoms with E-state index in [9.17, 15) is 9.90 Å². The van der Waals surface area contributed by atoms with Gasteiger partial charge in [0.2, 0.25) is 0 Å². The first kappa shape index (κ1) is 16.5. The first-order valence-corrected chi connectivity index (χ1v) is 7.73. The molecule has 2 atom stereocenters. The van der Waals surface area contributed by atoms with Gasteiger partial charge in [0.15, 0.2) is 0 Å². The van der Waals surface area contributed by atoms with Gasteiger partial charge in [-0.25, -0.2) is 4.79 Å². The first-order valence-electron chi connectivity index (χ1n) is 7.73. The lowest BCUT2D eigenvalue weighted by atomic mass is 9.72. The van der Waals surface area contributed by atoms with E-state index in [1.54, 1.807) is 13.8 Å². The summed E-state index contributed by atoms with van der Waals surface area (Å²) in [5.74, 6) is 0. The second-order valence-corrected chi connectivity index (χ2v) is 7.17. The van der Waals surface area contributed by atoms with E-state index in [0.717, 1.165) is 32.3 Å². The van der Waals surface area contributed by atoms with Gasteiger partial charge in [-0.3, -0.25) is 0 Å². The Morgan fingerprint density at radius 1 is 1.52 bits per heavy atom. The Labute approximate surface area is 126 Å². The number of amides is 2. The molecule has 6 heteroatoms.